The van der Waals surface area contributed by atoms with Gasteiger partial charge in [-0.2, -0.15) is 0 Å². The summed E-state index contributed by atoms with van der Waals surface area (Å²) < 4.78 is 21.8. The van der Waals surface area contributed by atoms with E-state index in [2.05, 4.69) is 437 Å². The lowest BCUT2D eigenvalue weighted by Gasteiger charge is -2.32. The summed E-state index contributed by atoms with van der Waals surface area (Å²) in [7, 11) is -0.381. The highest BCUT2D eigenvalue weighted by molar-refractivity contribution is 9.10. The molecule has 0 bridgehead atoms. The van der Waals surface area contributed by atoms with Crippen molar-refractivity contribution in [1.82, 2.24) is 28.2 Å². The number of halogens is 2. The molecule has 584 valence electrons. The second kappa shape index (κ2) is 26.3. The van der Waals surface area contributed by atoms with Crippen LogP contribution in [0.5, 0.6) is 0 Å². The molecule has 23 aromatic rings. The monoisotopic (exact) mass is 1710 g/mol. The smallest absolute Gasteiger partial charge is 0.399 e. The second-order valence-electron chi connectivity index (χ2n) is 34.8. The molecule has 8 nitrogen and oxygen atoms in total. The largest absolute Gasteiger partial charge is 0.494 e. The number of nitrogens with zero attached hydrogens (tertiary/aromatic N) is 6. The highest BCUT2D eigenvalue weighted by atomic mass is 79.9. The van der Waals surface area contributed by atoms with Crippen molar-refractivity contribution in [1.29, 1.82) is 0 Å². The van der Waals surface area contributed by atoms with E-state index in [1.54, 1.807) is 0 Å². The van der Waals surface area contributed by atoms with Crippen molar-refractivity contribution >= 4 is 160 Å². The molecule has 0 atom stereocenters. The van der Waals surface area contributed by atoms with Crippen LogP contribution in [-0.2, 0) is 20.1 Å². The first kappa shape index (κ1) is 71.8. The van der Waals surface area contributed by atoms with Crippen molar-refractivity contribution in [2.45, 2.75) is 49.7 Å². The highest BCUT2D eigenvalue weighted by Gasteiger charge is 2.55. The quantitative estimate of drug-likeness (QED) is 0.130. The number of benzene rings is 17. The van der Waals surface area contributed by atoms with E-state index in [1.807, 2.05) is 6.07 Å². The van der Waals surface area contributed by atoms with Gasteiger partial charge < -0.3 is 9.31 Å². The summed E-state index contributed by atoms with van der Waals surface area (Å²) in [4.78, 5) is 15.4. The molecule has 0 unspecified atom stereocenters. The van der Waals surface area contributed by atoms with Gasteiger partial charge in [0, 0.05) is 41.3 Å². The highest BCUT2D eigenvalue weighted by Crippen LogP contribution is 2.66. The van der Waals surface area contributed by atoms with Gasteiger partial charge in [-0.1, -0.05) is 287 Å². The Morgan fingerprint density at radius 1 is 0.234 bits per heavy atom. The summed E-state index contributed by atoms with van der Waals surface area (Å²) in [5.41, 5.74) is 38.5. The van der Waals surface area contributed by atoms with Crippen molar-refractivity contribution in [3.05, 3.63) is 424 Å². The minimum atomic E-state index is -0.513. The predicted octanol–water partition coefficient (Wildman–Crippen LogP) is 28.2. The molecule has 28 rings (SSSR count). The Balaban J connectivity index is 0.000000118. The number of hydrogen-bond acceptors (Lipinski definition) is 5. The maximum atomic E-state index is 6.30. The van der Waals surface area contributed by atoms with Crippen molar-refractivity contribution in [2.75, 3.05) is 0 Å². The third-order valence-corrected chi connectivity index (χ3v) is 29.1. The first-order valence-electron chi connectivity index (χ1n) is 42.6. The van der Waals surface area contributed by atoms with E-state index in [9.17, 15) is 0 Å². The van der Waals surface area contributed by atoms with Gasteiger partial charge in [0.2, 0.25) is 0 Å². The van der Waals surface area contributed by atoms with Crippen molar-refractivity contribution < 1.29 is 9.31 Å². The molecule has 1 aliphatic heterocycles. The Labute approximate surface area is 731 Å². The van der Waals surface area contributed by atoms with Crippen LogP contribution in [0.3, 0.4) is 0 Å². The summed E-state index contributed by atoms with van der Waals surface area (Å²) >= 11 is 7.45. The van der Waals surface area contributed by atoms with Crippen LogP contribution in [-0.4, -0.2) is 46.5 Å². The minimum absolute atomic E-state index is 0.259. The fourth-order valence-electron chi connectivity index (χ4n) is 22.0. The van der Waals surface area contributed by atoms with Crippen LogP contribution in [0.2, 0.25) is 0 Å². The van der Waals surface area contributed by atoms with Crippen molar-refractivity contribution in [3.8, 4) is 66.8 Å². The number of para-hydroxylation sites is 9. The van der Waals surface area contributed by atoms with E-state index in [-0.39, 0.29) is 23.7 Å². The van der Waals surface area contributed by atoms with Crippen molar-refractivity contribution in [2.24, 2.45) is 0 Å². The Bertz CT molecular complexity index is 8270. The molecule has 7 heterocycles. The Morgan fingerprint density at radius 2 is 0.508 bits per heavy atom. The predicted molar refractivity (Wildman–Crippen MR) is 518 cm³/mol. The molecular formula is C113H73BBr2N6O2. The van der Waals surface area contributed by atoms with E-state index < -0.39 is 5.41 Å². The van der Waals surface area contributed by atoms with Crippen LogP contribution < -0.4 is 5.46 Å². The van der Waals surface area contributed by atoms with Crippen molar-refractivity contribution in [3.63, 3.8) is 0 Å². The molecule has 1 saturated heterocycles. The number of fused-ring (bicyclic) bond motifs is 44. The standard InChI is InChI=1S/C63H36N4.C25H23BN2O2.C25H14Br2/c1-5-17-51-41(13-1)43-29-25-39(37-27-31-47-49(33-37)45-15-3-9-21-57(45)66-59-23-11-7-19-55(59)64-61(47)66)35-53(43)63(51)52-18-6-2-14-42(52)44-30-26-40(36-54(44)63)38-28-32-48-50(34-38)46-16-4-10-22-58(46)67-60-24-12-8-20-56(60)65-62(48)67;1-24(2)25(3,4)30-26(29-24)16-13-14-18-19(15-16)17-9-5-7-11-21(17)28-22-12-8-6-10-20(22)27-23(18)28;26-15-9-11-19-17-5-1-3-7-21(17)25(23(19)13-15)22-8-4-2-6-18(22)20-12-10-16(27)14-24(20)25/h1-36H;5-15H,1-4H3;1-14H. The molecule has 0 N–H and O–H groups in total. The van der Waals surface area contributed by atoms with E-state index in [1.165, 1.54) is 144 Å². The topological polar surface area (TPSA) is 70.4 Å². The van der Waals surface area contributed by atoms with E-state index in [4.69, 9.17) is 24.3 Å². The first-order valence-corrected chi connectivity index (χ1v) is 44.2. The zero-order valence-corrected chi connectivity index (χ0v) is 71.2. The normalized spacial score (nSPS) is 14.9. The molecular weight excluding hydrogens is 1640 g/mol. The average Bonchev–Trinajstić information content (AvgIpc) is 1.51. The molecule has 1 fully saturated rings. The van der Waals surface area contributed by atoms with Crippen LogP contribution in [0.1, 0.15) is 72.2 Å². The Morgan fingerprint density at radius 3 is 0.879 bits per heavy atom. The molecule has 2 spiro atoms. The molecule has 17 aromatic carbocycles. The molecule has 124 heavy (non-hydrogen) atoms. The number of imidazole rings is 3. The third kappa shape index (κ3) is 9.89. The maximum absolute atomic E-state index is 6.30. The minimum Gasteiger partial charge on any atom is -0.399 e. The lowest BCUT2D eigenvalue weighted by molar-refractivity contribution is 0.00578. The van der Waals surface area contributed by atoms with Crippen LogP contribution >= 0.6 is 31.9 Å². The average molecular weight is 1720 g/mol. The van der Waals surface area contributed by atoms with Gasteiger partial charge in [0.1, 0.15) is 16.9 Å². The molecule has 4 aliphatic carbocycles. The van der Waals surface area contributed by atoms with Gasteiger partial charge in [-0.05, 0) is 276 Å². The van der Waals surface area contributed by atoms with E-state index in [0.29, 0.717) is 0 Å². The van der Waals surface area contributed by atoms with Gasteiger partial charge >= 0.3 is 7.12 Å². The third-order valence-electron chi connectivity index (χ3n) is 28.1. The van der Waals surface area contributed by atoms with Gasteiger partial charge in [0.25, 0.3) is 0 Å². The molecule has 0 radical (unpaired) electrons. The Hall–Kier alpha value is -13.9. The summed E-state index contributed by atoms with van der Waals surface area (Å²) in [6.45, 7) is 8.35. The zero-order valence-electron chi connectivity index (χ0n) is 68.1. The first-order chi connectivity index (χ1) is 60.8. The lowest BCUT2D eigenvalue weighted by atomic mass is 9.70. The van der Waals surface area contributed by atoms with E-state index in [0.717, 1.165) is 97.2 Å². The number of rotatable bonds is 3. The van der Waals surface area contributed by atoms with Gasteiger partial charge in [-0.3, -0.25) is 13.2 Å². The van der Waals surface area contributed by atoms with Crippen LogP contribution in [0.4, 0.5) is 0 Å². The van der Waals surface area contributed by atoms with Gasteiger partial charge in [0.05, 0.1) is 71.7 Å². The fraction of sp³-hybridized carbons (Fsp3) is 0.0708. The summed E-state index contributed by atoms with van der Waals surface area (Å²) in [6, 6.07) is 136. The number of aromatic nitrogens is 6. The summed E-state index contributed by atoms with van der Waals surface area (Å²) in [6.07, 6.45) is 0. The van der Waals surface area contributed by atoms with Crippen LogP contribution in [0, 0.1) is 0 Å². The second-order valence-corrected chi connectivity index (χ2v) is 36.7. The number of hydrogen-bond donors (Lipinski definition) is 0. The summed E-state index contributed by atoms with van der Waals surface area (Å²) in [5.74, 6) is 0. The van der Waals surface area contributed by atoms with Gasteiger partial charge in [-0.15, -0.1) is 0 Å². The molecule has 0 saturated carbocycles. The van der Waals surface area contributed by atoms with E-state index >= 15 is 0 Å². The van der Waals surface area contributed by atoms with Crippen LogP contribution in [0.25, 0.3) is 182 Å². The fourth-order valence-corrected chi connectivity index (χ4v) is 22.7. The lowest BCUT2D eigenvalue weighted by Crippen LogP contribution is -2.41. The van der Waals surface area contributed by atoms with Gasteiger partial charge in [-0.25, -0.2) is 15.0 Å². The number of pyridine rings is 3. The summed E-state index contributed by atoms with van der Waals surface area (Å²) in [5, 5.41) is 10.7. The molecule has 5 aliphatic rings. The SMILES string of the molecule is Brc1ccc2c(c1)C1(c3ccccc3-2)c2ccccc2-c2ccc(Br)cc21.CC1(C)OB(c2ccc3c(c2)c2ccccc2n2c4ccccc4nc32)OC1(C)C.c1ccc2c(c1)-c1ccc(-c3ccc4c(c3)c3ccccc3n3c5ccccc5nc43)cc1C21c2ccccc2-c2ccc(-c3ccc4c(c3)c3ccccc3n3c5ccccc5nc43)cc21. The van der Waals surface area contributed by atoms with Gasteiger partial charge in [0.15, 0.2) is 0 Å². The molecule has 0 amide bonds. The van der Waals surface area contributed by atoms with Crippen LogP contribution in [0.15, 0.2) is 379 Å². The zero-order chi connectivity index (χ0) is 82.4. The molecule has 11 heteroatoms. The molecule has 6 aromatic heterocycles. The maximum Gasteiger partial charge on any atom is 0.494 e. The Kier molecular flexibility index (Phi) is 15.2.